The highest BCUT2D eigenvalue weighted by molar-refractivity contribution is 7.89. The van der Waals surface area contributed by atoms with E-state index in [2.05, 4.69) is 10.6 Å². The van der Waals surface area contributed by atoms with Gasteiger partial charge < -0.3 is 15.7 Å². The molecule has 0 atom stereocenters. The Labute approximate surface area is 186 Å². The zero-order valence-electron chi connectivity index (χ0n) is 17.5. The molecule has 1 aliphatic rings. The van der Waals surface area contributed by atoms with Gasteiger partial charge in [0.1, 0.15) is 11.4 Å². The van der Waals surface area contributed by atoms with E-state index in [1.807, 2.05) is 0 Å². The number of hydrogen-bond acceptors (Lipinski definition) is 7. The normalized spacial score (nSPS) is 15.0. The van der Waals surface area contributed by atoms with E-state index >= 15 is 0 Å². The predicted molar refractivity (Wildman–Crippen MR) is 119 cm³/mol. The SMILES string of the molecule is O=C(NCCNc1ccc(S(=O)(=O)N2CCCCCC2)cc1[N+](=O)[O-])c1ccc(O)cc1. The lowest BCUT2D eigenvalue weighted by Gasteiger charge is -2.20. The van der Waals surface area contributed by atoms with E-state index in [1.54, 1.807) is 0 Å². The molecule has 11 heteroatoms. The number of benzene rings is 2. The standard InChI is InChI=1S/C21H26N4O6S/c26-17-7-5-16(6-8-17)21(27)23-12-11-22-19-10-9-18(15-20(19)25(28)29)32(30,31)24-13-3-1-2-4-14-24/h5-10,15,22,26H,1-4,11-14H2,(H,23,27). The summed E-state index contributed by atoms with van der Waals surface area (Å²) in [5.74, 6) is -0.294. The van der Waals surface area contributed by atoms with Crippen LogP contribution in [0.5, 0.6) is 5.75 Å². The highest BCUT2D eigenvalue weighted by Crippen LogP contribution is 2.29. The number of phenols is 1. The van der Waals surface area contributed by atoms with Crippen LogP contribution < -0.4 is 10.6 Å². The van der Waals surface area contributed by atoms with Gasteiger partial charge in [0, 0.05) is 37.8 Å². The molecule has 2 aromatic carbocycles. The molecule has 32 heavy (non-hydrogen) atoms. The first kappa shape index (κ1) is 23.5. The van der Waals surface area contributed by atoms with E-state index < -0.39 is 14.9 Å². The minimum atomic E-state index is -3.80. The summed E-state index contributed by atoms with van der Waals surface area (Å²) in [4.78, 5) is 22.9. The van der Waals surface area contributed by atoms with Gasteiger partial charge in [0.05, 0.1) is 9.82 Å². The molecule has 1 amide bonds. The number of sulfonamides is 1. The third-order valence-corrected chi connectivity index (χ3v) is 7.12. The van der Waals surface area contributed by atoms with Gasteiger partial charge in [-0.2, -0.15) is 4.31 Å². The number of carbonyl (C=O) groups is 1. The average Bonchev–Trinajstić information content (AvgIpc) is 3.07. The van der Waals surface area contributed by atoms with Gasteiger partial charge in [0.15, 0.2) is 0 Å². The fraction of sp³-hybridized carbons (Fsp3) is 0.381. The Bertz CT molecular complexity index is 1060. The topological polar surface area (TPSA) is 142 Å². The number of aromatic hydroxyl groups is 1. The van der Waals surface area contributed by atoms with Gasteiger partial charge in [-0.25, -0.2) is 8.42 Å². The number of nitro benzene ring substituents is 1. The van der Waals surface area contributed by atoms with Crippen molar-refractivity contribution in [2.75, 3.05) is 31.5 Å². The quantitative estimate of drug-likeness (QED) is 0.311. The van der Waals surface area contributed by atoms with Gasteiger partial charge in [0.25, 0.3) is 11.6 Å². The molecule has 0 bridgehead atoms. The Kier molecular flexibility index (Phi) is 7.65. The first-order chi connectivity index (χ1) is 15.3. The van der Waals surface area contributed by atoms with Crippen LogP contribution in [-0.4, -0.2) is 54.8 Å². The third-order valence-electron chi connectivity index (χ3n) is 5.22. The molecule has 1 saturated heterocycles. The van der Waals surface area contributed by atoms with Gasteiger partial charge >= 0.3 is 0 Å². The van der Waals surface area contributed by atoms with Crippen LogP contribution in [0.15, 0.2) is 47.4 Å². The summed E-state index contributed by atoms with van der Waals surface area (Å²) in [6.07, 6.45) is 3.49. The Hall–Kier alpha value is -3.18. The largest absolute Gasteiger partial charge is 0.508 e. The molecule has 0 saturated carbocycles. The van der Waals surface area contributed by atoms with Gasteiger partial charge in [-0.05, 0) is 49.2 Å². The number of carbonyl (C=O) groups excluding carboxylic acids is 1. The van der Waals surface area contributed by atoms with Crippen LogP contribution in [0.1, 0.15) is 36.0 Å². The molecular formula is C21H26N4O6S. The Morgan fingerprint density at radius 2 is 1.69 bits per heavy atom. The van der Waals surface area contributed by atoms with E-state index in [1.165, 1.54) is 40.7 Å². The molecule has 1 fully saturated rings. The molecule has 0 spiro atoms. The van der Waals surface area contributed by atoms with Crippen molar-refractivity contribution < 1.29 is 23.2 Å². The van der Waals surface area contributed by atoms with E-state index in [9.17, 15) is 28.4 Å². The van der Waals surface area contributed by atoms with E-state index in [0.717, 1.165) is 31.7 Å². The average molecular weight is 463 g/mol. The van der Waals surface area contributed by atoms with Crippen LogP contribution in [0, 0.1) is 10.1 Å². The summed E-state index contributed by atoms with van der Waals surface area (Å²) < 4.78 is 27.3. The number of amides is 1. The number of phenolic OH excluding ortho intramolecular Hbond substituents is 1. The zero-order valence-corrected chi connectivity index (χ0v) is 18.3. The molecule has 0 radical (unpaired) electrons. The lowest BCUT2D eigenvalue weighted by Crippen LogP contribution is -2.32. The van der Waals surface area contributed by atoms with Gasteiger partial charge in [0.2, 0.25) is 10.0 Å². The second-order valence-electron chi connectivity index (χ2n) is 7.48. The fourth-order valence-corrected chi connectivity index (χ4v) is 5.03. The third kappa shape index (κ3) is 5.74. The van der Waals surface area contributed by atoms with Crippen LogP contribution in [0.3, 0.4) is 0 Å². The van der Waals surface area contributed by atoms with E-state index in [-0.39, 0.29) is 41.0 Å². The molecule has 172 valence electrons. The minimum absolute atomic E-state index is 0.0526. The number of nitro groups is 1. The summed E-state index contributed by atoms with van der Waals surface area (Å²) in [5.41, 5.74) is 0.200. The second-order valence-corrected chi connectivity index (χ2v) is 9.42. The van der Waals surface area contributed by atoms with Gasteiger partial charge in [-0.15, -0.1) is 0 Å². The maximum absolute atomic E-state index is 12.9. The van der Waals surface area contributed by atoms with Crippen molar-refractivity contribution in [2.45, 2.75) is 30.6 Å². The van der Waals surface area contributed by atoms with Crippen LogP contribution in [0.25, 0.3) is 0 Å². The molecule has 0 aliphatic carbocycles. The number of nitrogens with one attached hydrogen (secondary N) is 2. The van der Waals surface area contributed by atoms with Crippen molar-refractivity contribution in [1.82, 2.24) is 9.62 Å². The van der Waals surface area contributed by atoms with Crippen LogP contribution in [-0.2, 0) is 10.0 Å². The van der Waals surface area contributed by atoms with Crippen molar-refractivity contribution in [3.8, 4) is 5.75 Å². The van der Waals surface area contributed by atoms with E-state index in [4.69, 9.17) is 0 Å². The number of rotatable bonds is 8. The van der Waals surface area contributed by atoms with E-state index in [0.29, 0.717) is 18.7 Å². The molecule has 2 aromatic rings. The van der Waals surface area contributed by atoms with Crippen LogP contribution in [0.4, 0.5) is 11.4 Å². The molecule has 3 N–H and O–H groups in total. The monoisotopic (exact) mass is 462 g/mol. The van der Waals surface area contributed by atoms with Crippen molar-refractivity contribution >= 4 is 27.3 Å². The second kappa shape index (κ2) is 10.4. The highest BCUT2D eigenvalue weighted by Gasteiger charge is 2.28. The fourth-order valence-electron chi connectivity index (χ4n) is 3.49. The molecule has 1 heterocycles. The molecule has 1 aliphatic heterocycles. The first-order valence-electron chi connectivity index (χ1n) is 10.4. The van der Waals surface area contributed by atoms with Crippen molar-refractivity contribution in [3.63, 3.8) is 0 Å². The van der Waals surface area contributed by atoms with Gasteiger partial charge in [-0.3, -0.25) is 14.9 Å². The first-order valence-corrected chi connectivity index (χ1v) is 11.8. The van der Waals surface area contributed by atoms with Gasteiger partial charge in [-0.1, -0.05) is 12.8 Å². The predicted octanol–water partition coefficient (Wildman–Crippen LogP) is 2.71. The number of anilines is 1. The van der Waals surface area contributed by atoms with Crippen molar-refractivity contribution in [3.05, 3.63) is 58.1 Å². The zero-order chi connectivity index (χ0) is 23.1. The summed E-state index contributed by atoms with van der Waals surface area (Å²) in [6.45, 7) is 1.21. The van der Waals surface area contributed by atoms with Crippen LogP contribution >= 0.6 is 0 Å². The summed E-state index contributed by atoms with van der Waals surface area (Å²) in [7, 11) is -3.80. The Morgan fingerprint density at radius 3 is 2.31 bits per heavy atom. The smallest absolute Gasteiger partial charge is 0.293 e. The van der Waals surface area contributed by atoms with Crippen molar-refractivity contribution in [1.29, 1.82) is 0 Å². The Balaban J connectivity index is 1.65. The maximum atomic E-state index is 12.9. The van der Waals surface area contributed by atoms with Crippen molar-refractivity contribution in [2.24, 2.45) is 0 Å². The molecule has 3 rings (SSSR count). The maximum Gasteiger partial charge on any atom is 0.293 e. The Morgan fingerprint density at radius 1 is 1.03 bits per heavy atom. The lowest BCUT2D eigenvalue weighted by atomic mass is 10.2. The summed E-state index contributed by atoms with van der Waals surface area (Å²) in [6, 6.07) is 9.58. The molecule has 0 unspecified atom stereocenters. The number of hydrogen-bond donors (Lipinski definition) is 3. The van der Waals surface area contributed by atoms with Crippen LogP contribution in [0.2, 0.25) is 0 Å². The lowest BCUT2D eigenvalue weighted by molar-refractivity contribution is -0.384. The molecule has 0 aromatic heterocycles. The molecular weight excluding hydrogens is 436 g/mol. The minimum Gasteiger partial charge on any atom is -0.508 e. The molecule has 10 nitrogen and oxygen atoms in total. The summed E-state index contributed by atoms with van der Waals surface area (Å²) in [5, 5.41) is 26.4. The number of nitrogens with zero attached hydrogens (tertiary/aromatic N) is 2. The highest BCUT2D eigenvalue weighted by atomic mass is 32.2. The summed E-state index contributed by atoms with van der Waals surface area (Å²) >= 11 is 0.